The van der Waals surface area contributed by atoms with Crippen LogP contribution in [0.15, 0.2) is 53.3 Å². The number of hydrogen-bond acceptors (Lipinski definition) is 5. The molecule has 5 nitrogen and oxygen atoms in total. The first kappa shape index (κ1) is 17.4. The number of para-hydroxylation sites is 2. The molecule has 0 fully saturated rings. The molecule has 0 aliphatic rings. The third-order valence-electron chi connectivity index (χ3n) is 3.62. The van der Waals surface area contributed by atoms with E-state index in [4.69, 9.17) is 17.0 Å². The van der Waals surface area contributed by atoms with Gasteiger partial charge in [0, 0.05) is 12.1 Å². The molecule has 25 heavy (non-hydrogen) atoms. The van der Waals surface area contributed by atoms with Gasteiger partial charge < -0.3 is 15.0 Å². The molecule has 2 N–H and O–H groups in total. The predicted molar refractivity (Wildman–Crippen MR) is 106 cm³/mol. The number of hydrogen-bond donors (Lipinski definition) is 2. The molecule has 1 heterocycles. The van der Waals surface area contributed by atoms with Gasteiger partial charge in [-0.3, -0.25) is 4.79 Å². The predicted octanol–water partition coefficient (Wildman–Crippen LogP) is 3.24. The summed E-state index contributed by atoms with van der Waals surface area (Å²) in [6.45, 7) is 0.581. The van der Waals surface area contributed by atoms with Crippen molar-refractivity contribution in [1.29, 1.82) is 0 Å². The SMILES string of the molecule is COc1ccccc1CNC(=S)SCc1nc2ccccc2c(=O)[nH]1. The fraction of sp³-hybridized carbons (Fsp3) is 0.167. The van der Waals surface area contributed by atoms with Crippen LogP contribution < -0.4 is 15.6 Å². The summed E-state index contributed by atoms with van der Waals surface area (Å²) in [5.41, 5.74) is 1.59. The van der Waals surface area contributed by atoms with E-state index in [0.29, 0.717) is 33.3 Å². The highest BCUT2D eigenvalue weighted by atomic mass is 32.2. The van der Waals surface area contributed by atoms with Crippen LogP contribution >= 0.6 is 24.0 Å². The van der Waals surface area contributed by atoms with E-state index >= 15 is 0 Å². The van der Waals surface area contributed by atoms with Crippen molar-refractivity contribution in [3.63, 3.8) is 0 Å². The Morgan fingerprint density at radius 3 is 2.84 bits per heavy atom. The van der Waals surface area contributed by atoms with Crippen LogP contribution in [0.25, 0.3) is 10.9 Å². The Labute approximate surface area is 154 Å². The van der Waals surface area contributed by atoms with Crippen LogP contribution in [0.5, 0.6) is 5.75 Å². The number of nitrogens with zero attached hydrogens (tertiary/aromatic N) is 1. The van der Waals surface area contributed by atoms with Gasteiger partial charge in [0.15, 0.2) is 0 Å². The van der Waals surface area contributed by atoms with E-state index in [0.717, 1.165) is 11.3 Å². The van der Waals surface area contributed by atoms with Gasteiger partial charge in [0.1, 0.15) is 15.9 Å². The summed E-state index contributed by atoms with van der Waals surface area (Å²) in [7, 11) is 1.65. The molecule has 0 spiro atoms. The molecule has 0 saturated carbocycles. The summed E-state index contributed by atoms with van der Waals surface area (Å²) in [6.07, 6.45) is 0. The van der Waals surface area contributed by atoms with Crippen molar-refractivity contribution in [3.8, 4) is 5.75 Å². The van der Waals surface area contributed by atoms with Gasteiger partial charge in [0.2, 0.25) is 0 Å². The van der Waals surface area contributed by atoms with Gasteiger partial charge in [0.05, 0.1) is 23.8 Å². The Hall–Kier alpha value is -2.38. The van der Waals surface area contributed by atoms with Crippen LogP contribution in [0.4, 0.5) is 0 Å². The maximum atomic E-state index is 12.1. The fourth-order valence-corrected chi connectivity index (χ4v) is 3.23. The summed E-state index contributed by atoms with van der Waals surface area (Å²) in [4.78, 5) is 19.3. The van der Waals surface area contributed by atoms with Gasteiger partial charge in [-0.05, 0) is 18.2 Å². The number of nitrogens with one attached hydrogen (secondary N) is 2. The number of rotatable bonds is 5. The van der Waals surface area contributed by atoms with Crippen LogP contribution in [-0.2, 0) is 12.3 Å². The maximum Gasteiger partial charge on any atom is 0.258 e. The van der Waals surface area contributed by atoms with Gasteiger partial charge in [-0.25, -0.2) is 4.98 Å². The summed E-state index contributed by atoms with van der Waals surface area (Å²) < 4.78 is 5.96. The van der Waals surface area contributed by atoms with Gasteiger partial charge in [0.25, 0.3) is 5.56 Å². The van der Waals surface area contributed by atoms with Crippen molar-refractivity contribution in [2.24, 2.45) is 0 Å². The zero-order valence-corrected chi connectivity index (χ0v) is 15.2. The Bertz CT molecular complexity index is 956. The average molecular weight is 371 g/mol. The highest BCUT2D eigenvalue weighted by Crippen LogP contribution is 2.18. The second-order valence-electron chi connectivity index (χ2n) is 5.27. The Balaban J connectivity index is 1.60. The third-order valence-corrected chi connectivity index (χ3v) is 4.94. The van der Waals surface area contributed by atoms with E-state index in [1.54, 1.807) is 13.2 Å². The molecule has 1 aromatic heterocycles. The lowest BCUT2D eigenvalue weighted by Crippen LogP contribution is -2.19. The summed E-state index contributed by atoms with van der Waals surface area (Å²) >= 11 is 6.78. The monoisotopic (exact) mass is 371 g/mol. The average Bonchev–Trinajstić information content (AvgIpc) is 2.65. The molecule has 0 aliphatic carbocycles. The zero-order valence-electron chi connectivity index (χ0n) is 13.6. The van der Waals surface area contributed by atoms with Crippen molar-refractivity contribution in [2.45, 2.75) is 12.3 Å². The summed E-state index contributed by atoms with van der Waals surface area (Å²) in [6, 6.07) is 15.1. The van der Waals surface area contributed by atoms with Crippen LogP contribution in [0.3, 0.4) is 0 Å². The lowest BCUT2D eigenvalue weighted by Gasteiger charge is -2.10. The molecule has 128 valence electrons. The number of aromatic amines is 1. The molecule has 0 bridgehead atoms. The quantitative estimate of drug-likeness (QED) is 0.671. The highest BCUT2D eigenvalue weighted by molar-refractivity contribution is 8.22. The van der Waals surface area contributed by atoms with Crippen molar-refractivity contribution in [1.82, 2.24) is 15.3 Å². The minimum absolute atomic E-state index is 0.130. The van der Waals surface area contributed by atoms with Gasteiger partial charge in [-0.15, -0.1) is 0 Å². The first-order valence-corrected chi connectivity index (χ1v) is 9.07. The van der Waals surface area contributed by atoms with Crippen molar-refractivity contribution in [3.05, 3.63) is 70.3 Å². The number of benzene rings is 2. The minimum atomic E-state index is -0.130. The fourth-order valence-electron chi connectivity index (χ4n) is 2.40. The highest BCUT2D eigenvalue weighted by Gasteiger charge is 2.06. The molecule has 0 atom stereocenters. The zero-order chi connectivity index (χ0) is 17.6. The van der Waals surface area contributed by atoms with E-state index < -0.39 is 0 Å². The molecule has 0 saturated heterocycles. The normalized spacial score (nSPS) is 10.6. The molecular formula is C18H17N3O2S2. The summed E-state index contributed by atoms with van der Waals surface area (Å²) in [5.74, 6) is 1.93. The number of thioether (sulfide) groups is 1. The molecule has 0 amide bonds. The molecule has 3 rings (SSSR count). The second-order valence-corrected chi connectivity index (χ2v) is 6.92. The van der Waals surface area contributed by atoms with Gasteiger partial charge >= 0.3 is 0 Å². The molecule has 0 radical (unpaired) electrons. The topological polar surface area (TPSA) is 67.0 Å². The van der Waals surface area contributed by atoms with E-state index in [9.17, 15) is 4.79 Å². The van der Waals surface area contributed by atoms with E-state index in [2.05, 4.69) is 15.3 Å². The van der Waals surface area contributed by atoms with Crippen LogP contribution in [0.1, 0.15) is 11.4 Å². The van der Waals surface area contributed by atoms with Gasteiger partial charge in [-0.2, -0.15) is 0 Å². The number of fused-ring (bicyclic) bond motifs is 1. The van der Waals surface area contributed by atoms with Crippen LogP contribution in [0.2, 0.25) is 0 Å². The smallest absolute Gasteiger partial charge is 0.258 e. The van der Waals surface area contributed by atoms with Gasteiger partial charge in [-0.1, -0.05) is 54.3 Å². The molecule has 7 heteroatoms. The van der Waals surface area contributed by atoms with Crippen LogP contribution in [-0.4, -0.2) is 21.4 Å². The number of methoxy groups -OCH3 is 1. The van der Waals surface area contributed by atoms with Crippen molar-refractivity contribution >= 4 is 39.2 Å². The molecule has 0 unspecified atom stereocenters. The Morgan fingerprint density at radius 1 is 1.24 bits per heavy atom. The largest absolute Gasteiger partial charge is 0.496 e. The third kappa shape index (κ3) is 4.37. The molecule has 3 aromatic rings. The second kappa shape index (κ2) is 8.13. The lowest BCUT2D eigenvalue weighted by molar-refractivity contribution is 0.409. The van der Waals surface area contributed by atoms with Crippen molar-refractivity contribution < 1.29 is 4.74 Å². The summed E-state index contributed by atoms with van der Waals surface area (Å²) in [5, 5.41) is 3.78. The Morgan fingerprint density at radius 2 is 2.00 bits per heavy atom. The molecule has 2 aromatic carbocycles. The maximum absolute atomic E-state index is 12.1. The van der Waals surface area contributed by atoms with Crippen molar-refractivity contribution in [2.75, 3.05) is 7.11 Å². The van der Waals surface area contributed by atoms with E-state index in [-0.39, 0.29) is 5.56 Å². The number of H-pyrrole nitrogens is 1. The first-order valence-electron chi connectivity index (χ1n) is 7.68. The number of thiocarbonyl (C=S) groups is 1. The molecule has 0 aliphatic heterocycles. The first-order chi connectivity index (χ1) is 12.2. The van der Waals surface area contributed by atoms with Crippen LogP contribution in [0, 0.1) is 0 Å². The number of ether oxygens (including phenoxy) is 1. The minimum Gasteiger partial charge on any atom is -0.496 e. The molecular weight excluding hydrogens is 354 g/mol. The van der Waals surface area contributed by atoms with E-state index in [1.165, 1.54) is 11.8 Å². The van der Waals surface area contributed by atoms with E-state index in [1.807, 2.05) is 42.5 Å². The number of aromatic nitrogens is 2. The Kier molecular flexibility index (Phi) is 5.67. The lowest BCUT2D eigenvalue weighted by atomic mass is 10.2. The standard InChI is InChI=1S/C18H17N3O2S2/c1-23-15-9-5-2-6-12(15)10-19-18(24)25-11-16-20-14-8-4-3-7-13(14)17(22)21-16/h2-9H,10-11H2,1H3,(H,19,24)(H,20,21,22).